The molecule has 0 aromatic carbocycles. The van der Waals surface area contributed by atoms with Crippen LogP contribution in [0, 0.1) is 6.92 Å². The molecule has 4 N–H and O–H groups in total. The Morgan fingerprint density at radius 3 is 2.76 bits per heavy atom. The molecule has 1 aromatic heterocycles. The van der Waals surface area contributed by atoms with Gasteiger partial charge in [0.05, 0.1) is 0 Å². The number of aromatic amines is 1. The first kappa shape index (κ1) is 15.0. The minimum atomic E-state index is -1.12. The van der Waals surface area contributed by atoms with Gasteiger partial charge in [-0.2, -0.15) is 0 Å². The van der Waals surface area contributed by atoms with E-state index in [1.807, 2.05) is 0 Å². The van der Waals surface area contributed by atoms with Gasteiger partial charge in [0.1, 0.15) is 12.6 Å². The van der Waals surface area contributed by atoms with E-state index in [2.05, 4.69) is 4.98 Å². The zero-order valence-electron chi connectivity index (χ0n) is 11.4. The average Bonchev–Trinajstić information content (AvgIpc) is 2.78. The van der Waals surface area contributed by atoms with E-state index in [9.17, 15) is 19.2 Å². The number of H-pyrrole nitrogens is 1. The van der Waals surface area contributed by atoms with Gasteiger partial charge in [0.2, 0.25) is 5.91 Å². The lowest BCUT2D eigenvalue weighted by atomic mass is 10.2. The van der Waals surface area contributed by atoms with Gasteiger partial charge >= 0.3 is 11.7 Å². The molecule has 0 aliphatic carbocycles. The quantitative estimate of drug-likeness (QED) is 0.581. The third kappa shape index (κ3) is 3.02. The number of amides is 1. The highest BCUT2D eigenvalue weighted by molar-refractivity contribution is 5.84. The molecule has 1 aromatic rings. The lowest BCUT2D eigenvalue weighted by Gasteiger charge is -2.21. The molecule has 1 fully saturated rings. The number of aliphatic carboxylic acids is 1. The van der Waals surface area contributed by atoms with Gasteiger partial charge in [0.25, 0.3) is 5.56 Å². The lowest BCUT2D eigenvalue weighted by Crippen LogP contribution is -2.44. The standard InChI is InChI=1S/C12H16N4O5/c1-6-3-15(12(21)14-10(6)18)5-9(17)16-4-7(13)2-8(16)11(19)20/h3,7-8H,2,4-5,13H2,1H3,(H,19,20)(H,14,18,21)/t7-,8+/m1/s1. The van der Waals surface area contributed by atoms with E-state index < -0.39 is 35.2 Å². The summed E-state index contributed by atoms with van der Waals surface area (Å²) < 4.78 is 1.04. The Hall–Kier alpha value is -2.42. The van der Waals surface area contributed by atoms with E-state index in [0.29, 0.717) is 0 Å². The fourth-order valence-corrected chi connectivity index (χ4v) is 2.35. The van der Waals surface area contributed by atoms with E-state index in [1.165, 1.54) is 13.1 Å². The summed E-state index contributed by atoms with van der Waals surface area (Å²) in [5.74, 6) is -1.65. The van der Waals surface area contributed by atoms with Crippen molar-refractivity contribution in [2.24, 2.45) is 5.73 Å². The minimum Gasteiger partial charge on any atom is -0.480 e. The Morgan fingerprint density at radius 2 is 2.14 bits per heavy atom. The number of hydrogen-bond donors (Lipinski definition) is 3. The molecule has 0 saturated carbocycles. The van der Waals surface area contributed by atoms with Crippen molar-refractivity contribution >= 4 is 11.9 Å². The molecule has 114 valence electrons. The van der Waals surface area contributed by atoms with Crippen molar-refractivity contribution in [3.8, 4) is 0 Å². The SMILES string of the molecule is Cc1cn(CC(=O)N2C[C@H](N)C[C@H]2C(=O)O)c(=O)[nH]c1=O. The second-order valence-corrected chi connectivity index (χ2v) is 5.10. The van der Waals surface area contributed by atoms with Crippen LogP contribution in [0.5, 0.6) is 0 Å². The van der Waals surface area contributed by atoms with Crippen LogP contribution in [-0.4, -0.2) is 50.1 Å². The van der Waals surface area contributed by atoms with Crippen LogP contribution >= 0.6 is 0 Å². The van der Waals surface area contributed by atoms with Gasteiger partial charge in [-0.1, -0.05) is 0 Å². The molecule has 0 bridgehead atoms. The van der Waals surface area contributed by atoms with Gasteiger partial charge < -0.3 is 15.7 Å². The number of nitrogens with two attached hydrogens (primary N) is 1. The molecule has 1 amide bonds. The number of carbonyl (C=O) groups is 2. The van der Waals surface area contributed by atoms with Crippen LogP contribution in [-0.2, 0) is 16.1 Å². The van der Waals surface area contributed by atoms with E-state index in [4.69, 9.17) is 10.8 Å². The van der Waals surface area contributed by atoms with Crippen LogP contribution < -0.4 is 17.0 Å². The summed E-state index contributed by atoms with van der Waals surface area (Å²) in [7, 11) is 0. The smallest absolute Gasteiger partial charge is 0.328 e. The Morgan fingerprint density at radius 1 is 1.48 bits per heavy atom. The summed E-state index contributed by atoms with van der Waals surface area (Å²) in [4.78, 5) is 49.4. The van der Waals surface area contributed by atoms with E-state index >= 15 is 0 Å². The summed E-state index contributed by atoms with van der Waals surface area (Å²) in [5.41, 5.74) is 4.74. The molecule has 1 aliphatic rings. The number of carboxylic acid groups (broad SMARTS) is 1. The molecule has 0 unspecified atom stereocenters. The van der Waals surface area contributed by atoms with E-state index in [-0.39, 0.29) is 25.1 Å². The summed E-state index contributed by atoms with van der Waals surface area (Å²) >= 11 is 0. The van der Waals surface area contributed by atoms with Gasteiger partial charge in [0.15, 0.2) is 0 Å². The third-order valence-corrected chi connectivity index (χ3v) is 3.43. The van der Waals surface area contributed by atoms with Crippen molar-refractivity contribution in [1.82, 2.24) is 14.5 Å². The largest absolute Gasteiger partial charge is 0.480 e. The molecule has 0 spiro atoms. The van der Waals surface area contributed by atoms with Crippen molar-refractivity contribution in [2.75, 3.05) is 6.54 Å². The zero-order valence-corrected chi connectivity index (χ0v) is 11.4. The molecule has 9 heteroatoms. The number of nitrogens with zero attached hydrogens (tertiary/aromatic N) is 2. The lowest BCUT2D eigenvalue weighted by molar-refractivity contribution is -0.148. The summed E-state index contributed by atoms with van der Waals surface area (Å²) in [6, 6.07) is -1.38. The molecular weight excluding hydrogens is 280 g/mol. The van der Waals surface area contributed by atoms with Crippen LogP contribution in [0.2, 0.25) is 0 Å². The number of hydrogen-bond acceptors (Lipinski definition) is 5. The van der Waals surface area contributed by atoms with Crippen molar-refractivity contribution in [2.45, 2.75) is 32.0 Å². The molecule has 2 rings (SSSR count). The Balaban J connectivity index is 2.22. The van der Waals surface area contributed by atoms with Gasteiger partial charge in [0, 0.05) is 24.3 Å². The fraction of sp³-hybridized carbons (Fsp3) is 0.500. The maximum atomic E-state index is 12.2. The van der Waals surface area contributed by atoms with Gasteiger partial charge in [-0.15, -0.1) is 0 Å². The van der Waals surface area contributed by atoms with E-state index in [0.717, 1.165) is 9.47 Å². The number of carbonyl (C=O) groups excluding carboxylic acids is 1. The minimum absolute atomic E-state index is 0.132. The Bertz CT molecular complexity index is 692. The van der Waals surface area contributed by atoms with Crippen LogP contribution in [0.1, 0.15) is 12.0 Å². The Labute approximate surface area is 119 Å². The third-order valence-electron chi connectivity index (χ3n) is 3.43. The van der Waals surface area contributed by atoms with Gasteiger partial charge in [-0.25, -0.2) is 9.59 Å². The van der Waals surface area contributed by atoms with Gasteiger partial charge in [-0.3, -0.25) is 19.1 Å². The normalized spacial score (nSPS) is 21.5. The molecule has 0 radical (unpaired) electrons. The summed E-state index contributed by atoms with van der Waals surface area (Å²) in [6.45, 7) is 1.30. The highest BCUT2D eigenvalue weighted by Crippen LogP contribution is 2.17. The highest BCUT2D eigenvalue weighted by atomic mass is 16.4. The summed E-state index contributed by atoms with van der Waals surface area (Å²) in [6.07, 6.45) is 1.45. The molecule has 2 heterocycles. The highest BCUT2D eigenvalue weighted by Gasteiger charge is 2.38. The number of likely N-dealkylation sites (tertiary alicyclic amines) is 1. The molecule has 21 heavy (non-hydrogen) atoms. The Kier molecular flexibility index (Phi) is 3.94. The maximum absolute atomic E-state index is 12.2. The summed E-state index contributed by atoms with van der Waals surface area (Å²) in [5, 5.41) is 9.09. The van der Waals surface area contributed by atoms with Crippen LogP contribution in [0.25, 0.3) is 0 Å². The van der Waals surface area contributed by atoms with Crippen molar-refractivity contribution in [3.05, 3.63) is 32.6 Å². The molecular formula is C12H16N4O5. The molecule has 1 aliphatic heterocycles. The number of aromatic nitrogens is 2. The number of aryl methyl sites for hydroxylation is 1. The number of nitrogens with one attached hydrogen (secondary N) is 1. The predicted molar refractivity (Wildman–Crippen MR) is 71.8 cm³/mol. The second-order valence-electron chi connectivity index (χ2n) is 5.10. The number of rotatable bonds is 3. The predicted octanol–water partition coefficient (Wildman–Crippen LogP) is -2.14. The zero-order chi connectivity index (χ0) is 15.7. The van der Waals surface area contributed by atoms with Crippen molar-refractivity contribution < 1.29 is 14.7 Å². The first-order valence-electron chi connectivity index (χ1n) is 6.38. The maximum Gasteiger partial charge on any atom is 0.328 e. The molecule has 2 atom stereocenters. The number of carboxylic acids is 1. The second kappa shape index (κ2) is 5.52. The molecule has 9 nitrogen and oxygen atoms in total. The fourth-order valence-electron chi connectivity index (χ4n) is 2.35. The first-order valence-corrected chi connectivity index (χ1v) is 6.38. The van der Waals surface area contributed by atoms with Crippen LogP contribution in [0.15, 0.2) is 15.8 Å². The van der Waals surface area contributed by atoms with Crippen molar-refractivity contribution in [3.63, 3.8) is 0 Å². The first-order chi connectivity index (χ1) is 9.79. The average molecular weight is 296 g/mol. The monoisotopic (exact) mass is 296 g/mol. The van der Waals surface area contributed by atoms with E-state index in [1.54, 1.807) is 0 Å². The topological polar surface area (TPSA) is 138 Å². The van der Waals surface area contributed by atoms with Crippen LogP contribution in [0.3, 0.4) is 0 Å². The van der Waals surface area contributed by atoms with Gasteiger partial charge in [-0.05, 0) is 13.3 Å². The van der Waals surface area contributed by atoms with Crippen molar-refractivity contribution in [1.29, 1.82) is 0 Å². The molecule has 1 saturated heterocycles. The van der Waals surface area contributed by atoms with Crippen LogP contribution in [0.4, 0.5) is 0 Å².